The first-order valence-corrected chi connectivity index (χ1v) is 9.53. The van der Waals surface area contributed by atoms with Crippen LogP contribution in [0.2, 0.25) is 0 Å². The predicted molar refractivity (Wildman–Crippen MR) is 109 cm³/mol. The molecule has 7 heteroatoms. The Morgan fingerprint density at radius 3 is 2.56 bits per heavy atom. The topological polar surface area (TPSA) is 73.7 Å². The van der Waals surface area contributed by atoms with E-state index in [-0.39, 0.29) is 5.91 Å². The Labute approximate surface area is 162 Å². The first-order chi connectivity index (χ1) is 13.0. The van der Waals surface area contributed by atoms with Gasteiger partial charge < -0.3 is 14.9 Å². The van der Waals surface area contributed by atoms with Crippen LogP contribution < -0.4 is 4.90 Å². The van der Waals surface area contributed by atoms with Gasteiger partial charge in [-0.05, 0) is 41.3 Å². The zero-order valence-corrected chi connectivity index (χ0v) is 15.9. The highest BCUT2D eigenvalue weighted by atomic mass is 32.1. The van der Waals surface area contributed by atoms with Crippen molar-refractivity contribution in [2.24, 2.45) is 0 Å². The Morgan fingerprint density at radius 1 is 1.15 bits per heavy atom. The van der Waals surface area contributed by atoms with E-state index in [0.29, 0.717) is 0 Å². The van der Waals surface area contributed by atoms with Crippen LogP contribution in [0.3, 0.4) is 0 Å². The van der Waals surface area contributed by atoms with E-state index in [4.69, 9.17) is 5.11 Å². The lowest BCUT2D eigenvalue weighted by Gasteiger charge is -2.35. The van der Waals surface area contributed by atoms with Crippen LogP contribution >= 0.6 is 11.3 Å². The number of aromatic nitrogens is 1. The molecule has 3 rings (SSSR count). The molecule has 2 aromatic rings. The number of thiophene rings is 1. The molecule has 6 nitrogen and oxygen atoms in total. The van der Waals surface area contributed by atoms with Gasteiger partial charge in [-0.15, -0.1) is 11.3 Å². The standard InChI is InChI=1S/C20H21N3O3S/c1-15(24)22-8-10-23(11-9-22)18-5-4-17(21-13-18)3-2-16-12-19(27-14-16)6-7-20(25)26/h2-7,12-14H,8-11H2,1H3,(H,25,26). The summed E-state index contributed by atoms with van der Waals surface area (Å²) < 4.78 is 0. The summed E-state index contributed by atoms with van der Waals surface area (Å²) in [5.74, 6) is -0.823. The molecule has 0 unspecified atom stereocenters. The second kappa shape index (κ2) is 8.64. The molecule has 1 N–H and O–H groups in total. The van der Waals surface area contributed by atoms with Crippen LogP contribution in [-0.4, -0.2) is 53.0 Å². The van der Waals surface area contributed by atoms with Gasteiger partial charge in [-0.25, -0.2) is 4.79 Å². The molecule has 1 saturated heterocycles. The third-order valence-corrected chi connectivity index (χ3v) is 5.25. The largest absolute Gasteiger partial charge is 0.478 e. The monoisotopic (exact) mass is 383 g/mol. The molecule has 0 saturated carbocycles. The number of anilines is 1. The number of rotatable bonds is 5. The van der Waals surface area contributed by atoms with Gasteiger partial charge in [-0.2, -0.15) is 0 Å². The van der Waals surface area contributed by atoms with Crippen molar-refractivity contribution in [2.75, 3.05) is 31.1 Å². The summed E-state index contributed by atoms with van der Waals surface area (Å²) in [6.45, 7) is 4.73. The third kappa shape index (κ3) is 5.27. The molecule has 0 aromatic carbocycles. The van der Waals surface area contributed by atoms with Gasteiger partial charge in [-0.1, -0.05) is 6.08 Å². The summed E-state index contributed by atoms with van der Waals surface area (Å²) in [5.41, 5.74) is 2.93. The zero-order chi connectivity index (χ0) is 19.2. The van der Waals surface area contributed by atoms with Gasteiger partial charge >= 0.3 is 5.97 Å². The van der Waals surface area contributed by atoms with Gasteiger partial charge in [0.1, 0.15) is 0 Å². The first-order valence-electron chi connectivity index (χ1n) is 8.65. The lowest BCUT2D eigenvalue weighted by molar-refractivity contribution is -0.131. The highest BCUT2D eigenvalue weighted by Crippen LogP contribution is 2.20. The Morgan fingerprint density at radius 2 is 1.93 bits per heavy atom. The van der Waals surface area contributed by atoms with Crippen molar-refractivity contribution in [1.29, 1.82) is 0 Å². The quantitative estimate of drug-likeness (QED) is 0.803. The number of nitrogens with zero attached hydrogens (tertiary/aromatic N) is 3. The van der Waals surface area contributed by atoms with Crippen LogP contribution in [0.15, 0.2) is 35.9 Å². The molecule has 0 radical (unpaired) electrons. The van der Waals surface area contributed by atoms with Crippen LogP contribution in [0, 0.1) is 0 Å². The highest BCUT2D eigenvalue weighted by Gasteiger charge is 2.18. The minimum Gasteiger partial charge on any atom is -0.478 e. The second-order valence-corrected chi connectivity index (χ2v) is 7.16. The molecular formula is C20H21N3O3S. The summed E-state index contributed by atoms with van der Waals surface area (Å²) >= 11 is 1.49. The average Bonchev–Trinajstić information content (AvgIpc) is 3.13. The number of pyridine rings is 1. The summed E-state index contributed by atoms with van der Waals surface area (Å²) in [6, 6.07) is 5.95. The van der Waals surface area contributed by atoms with E-state index in [1.165, 1.54) is 11.3 Å². The predicted octanol–water partition coefficient (Wildman–Crippen LogP) is 3.08. The zero-order valence-electron chi connectivity index (χ0n) is 15.0. The first kappa shape index (κ1) is 18.8. The fourth-order valence-electron chi connectivity index (χ4n) is 2.84. The van der Waals surface area contributed by atoms with Crippen molar-refractivity contribution in [1.82, 2.24) is 9.88 Å². The Bertz CT molecular complexity index is 863. The molecule has 0 atom stereocenters. The van der Waals surface area contributed by atoms with Crippen molar-refractivity contribution >= 4 is 47.1 Å². The normalized spacial score (nSPS) is 15.0. The Balaban J connectivity index is 1.59. The number of hydrogen-bond donors (Lipinski definition) is 1. The van der Waals surface area contributed by atoms with Crippen LogP contribution in [0.4, 0.5) is 5.69 Å². The smallest absolute Gasteiger partial charge is 0.328 e. The molecule has 0 bridgehead atoms. The van der Waals surface area contributed by atoms with Crippen LogP contribution in [0.1, 0.15) is 23.1 Å². The van der Waals surface area contributed by atoms with E-state index in [0.717, 1.165) is 54.1 Å². The van der Waals surface area contributed by atoms with Gasteiger partial charge in [-0.3, -0.25) is 9.78 Å². The Kier molecular flexibility index (Phi) is 6.03. The maximum Gasteiger partial charge on any atom is 0.328 e. The van der Waals surface area contributed by atoms with E-state index in [1.807, 2.05) is 46.8 Å². The molecule has 0 spiro atoms. The van der Waals surface area contributed by atoms with Crippen molar-refractivity contribution < 1.29 is 14.7 Å². The minimum absolute atomic E-state index is 0.128. The van der Waals surface area contributed by atoms with Gasteiger partial charge in [0.2, 0.25) is 5.91 Å². The van der Waals surface area contributed by atoms with Crippen molar-refractivity contribution in [3.05, 3.63) is 52.0 Å². The van der Waals surface area contributed by atoms with Gasteiger partial charge in [0.05, 0.1) is 17.6 Å². The molecule has 1 aliphatic heterocycles. The van der Waals surface area contributed by atoms with Crippen LogP contribution in [0.5, 0.6) is 0 Å². The van der Waals surface area contributed by atoms with E-state index >= 15 is 0 Å². The summed E-state index contributed by atoms with van der Waals surface area (Å²) in [5, 5.41) is 10.6. The fraction of sp³-hybridized carbons (Fsp3) is 0.250. The number of piperazine rings is 1. The number of carboxylic acids is 1. The van der Waals surface area contributed by atoms with Crippen LogP contribution in [0.25, 0.3) is 18.2 Å². The maximum atomic E-state index is 11.4. The van der Waals surface area contributed by atoms with Gasteiger partial charge in [0.15, 0.2) is 0 Å². The minimum atomic E-state index is -0.951. The highest BCUT2D eigenvalue weighted by molar-refractivity contribution is 7.11. The molecule has 0 aliphatic carbocycles. The number of aliphatic carboxylic acids is 1. The summed E-state index contributed by atoms with van der Waals surface area (Å²) in [7, 11) is 0. The van der Waals surface area contributed by atoms with E-state index in [9.17, 15) is 9.59 Å². The molecule has 1 aliphatic rings. The summed E-state index contributed by atoms with van der Waals surface area (Å²) in [4.78, 5) is 31.4. The SMILES string of the molecule is CC(=O)N1CCN(c2ccc(C=Cc3csc(C=CC(=O)O)c3)nc2)CC1. The number of amides is 1. The number of carbonyl (C=O) groups is 2. The van der Waals surface area contributed by atoms with E-state index in [2.05, 4.69) is 9.88 Å². The molecule has 2 aromatic heterocycles. The number of hydrogen-bond acceptors (Lipinski definition) is 5. The molecule has 3 heterocycles. The lowest BCUT2D eigenvalue weighted by Crippen LogP contribution is -2.48. The van der Waals surface area contributed by atoms with E-state index in [1.54, 1.807) is 13.0 Å². The molecular weight excluding hydrogens is 362 g/mol. The summed E-state index contributed by atoms with van der Waals surface area (Å²) in [6.07, 6.45) is 8.48. The van der Waals surface area contributed by atoms with E-state index < -0.39 is 5.97 Å². The second-order valence-electron chi connectivity index (χ2n) is 6.22. The maximum absolute atomic E-state index is 11.4. The molecule has 1 amide bonds. The molecule has 1 fully saturated rings. The number of carboxylic acid groups (broad SMARTS) is 1. The van der Waals surface area contributed by atoms with Gasteiger partial charge in [0, 0.05) is 44.1 Å². The van der Waals surface area contributed by atoms with Crippen molar-refractivity contribution in [3.63, 3.8) is 0 Å². The van der Waals surface area contributed by atoms with Crippen LogP contribution in [-0.2, 0) is 9.59 Å². The number of carbonyl (C=O) groups excluding carboxylic acids is 1. The lowest BCUT2D eigenvalue weighted by atomic mass is 10.2. The molecule has 140 valence electrons. The molecule has 27 heavy (non-hydrogen) atoms. The fourth-order valence-corrected chi connectivity index (χ4v) is 3.61. The van der Waals surface area contributed by atoms with Gasteiger partial charge in [0.25, 0.3) is 0 Å². The average molecular weight is 383 g/mol. The van der Waals surface area contributed by atoms with Crippen molar-refractivity contribution in [2.45, 2.75) is 6.92 Å². The third-order valence-electron chi connectivity index (χ3n) is 4.34. The Hall–Kier alpha value is -2.93. The van der Waals surface area contributed by atoms with Crippen molar-refractivity contribution in [3.8, 4) is 0 Å².